The van der Waals surface area contributed by atoms with Crippen molar-refractivity contribution in [1.82, 2.24) is 4.98 Å². The molecule has 0 aliphatic heterocycles. The molecular formula is C17H15N3O4S. The third-order valence-corrected chi connectivity index (χ3v) is 4.33. The summed E-state index contributed by atoms with van der Waals surface area (Å²) in [6.07, 6.45) is 0.915. The van der Waals surface area contributed by atoms with Gasteiger partial charge in [0.1, 0.15) is 11.3 Å². The number of benzene rings is 2. The highest BCUT2D eigenvalue weighted by Crippen LogP contribution is 2.30. The second-order valence-electron chi connectivity index (χ2n) is 5.23. The van der Waals surface area contributed by atoms with Crippen LogP contribution < -0.4 is 10.1 Å². The molecule has 0 saturated heterocycles. The van der Waals surface area contributed by atoms with Crippen LogP contribution in [0.5, 0.6) is 5.75 Å². The number of nitro groups is 1. The van der Waals surface area contributed by atoms with Gasteiger partial charge < -0.3 is 4.74 Å². The zero-order valence-corrected chi connectivity index (χ0v) is 14.2. The van der Waals surface area contributed by atoms with Crippen LogP contribution in [0.15, 0.2) is 42.5 Å². The monoisotopic (exact) mass is 357 g/mol. The van der Waals surface area contributed by atoms with Crippen LogP contribution in [0, 0.1) is 10.1 Å². The largest absolute Gasteiger partial charge is 0.494 e. The first-order valence-corrected chi connectivity index (χ1v) is 8.48. The molecule has 0 aliphatic rings. The van der Waals surface area contributed by atoms with Gasteiger partial charge in [-0.3, -0.25) is 20.2 Å². The van der Waals surface area contributed by atoms with Gasteiger partial charge in [0, 0.05) is 6.07 Å². The van der Waals surface area contributed by atoms with Gasteiger partial charge in [-0.2, -0.15) is 0 Å². The lowest BCUT2D eigenvalue weighted by Crippen LogP contribution is -2.13. The zero-order valence-electron chi connectivity index (χ0n) is 13.4. The quantitative estimate of drug-likeness (QED) is 0.526. The number of rotatable bonds is 6. The summed E-state index contributed by atoms with van der Waals surface area (Å²) in [6, 6.07) is 11.3. The van der Waals surface area contributed by atoms with Gasteiger partial charge in [0.2, 0.25) is 0 Å². The zero-order chi connectivity index (χ0) is 17.8. The van der Waals surface area contributed by atoms with E-state index >= 15 is 0 Å². The average Bonchev–Trinajstić information content (AvgIpc) is 3.01. The molecule has 3 rings (SSSR count). The minimum atomic E-state index is -0.579. The smallest absolute Gasteiger partial charge is 0.282 e. The maximum Gasteiger partial charge on any atom is 0.282 e. The molecule has 2 aromatic carbocycles. The molecule has 1 N–H and O–H groups in total. The molecule has 0 fully saturated rings. The Labute approximate surface area is 147 Å². The first kappa shape index (κ1) is 16.8. The number of amides is 1. The number of hydrogen-bond donors (Lipinski definition) is 1. The minimum Gasteiger partial charge on any atom is -0.494 e. The fourth-order valence-corrected chi connectivity index (χ4v) is 3.15. The number of anilines is 1. The van der Waals surface area contributed by atoms with Crippen LogP contribution in [0.3, 0.4) is 0 Å². The SMILES string of the molecule is CCCOc1ccc2nc(NC(=O)c3ccccc3[N+](=O)[O-])sc2c1. The molecule has 25 heavy (non-hydrogen) atoms. The van der Waals surface area contributed by atoms with Crippen molar-refractivity contribution in [3.8, 4) is 5.75 Å². The summed E-state index contributed by atoms with van der Waals surface area (Å²) in [4.78, 5) is 27.1. The number of ether oxygens (including phenoxy) is 1. The molecule has 7 nitrogen and oxygen atoms in total. The van der Waals surface area contributed by atoms with Crippen molar-refractivity contribution in [3.63, 3.8) is 0 Å². The number of aromatic nitrogens is 1. The van der Waals surface area contributed by atoms with E-state index in [1.807, 2.05) is 25.1 Å². The van der Waals surface area contributed by atoms with E-state index in [1.165, 1.54) is 29.5 Å². The minimum absolute atomic E-state index is 0.00118. The van der Waals surface area contributed by atoms with Crippen molar-refractivity contribution in [2.24, 2.45) is 0 Å². The van der Waals surface area contributed by atoms with Crippen LogP contribution in [0.25, 0.3) is 10.2 Å². The number of para-hydroxylation sites is 1. The van der Waals surface area contributed by atoms with E-state index in [0.29, 0.717) is 11.7 Å². The molecule has 1 amide bonds. The highest BCUT2D eigenvalue weighted by atomic mass is 32.1. The third-order valence-electron chi connectivity index (χ3n) is 3.40. The number of hydrogen-bond acceptors (Lipinski definition) is 6. The lowest BCUT2D eigenvalue weighted by atomic mass is 10.1. The van der Waals surface area contributed by atoms with E-state index in [4.69, 9.17) is 4.74 Å². The lowest BCUT2D eigenvalue weighted by molar-refractivity contribution is -0.385. The molecule has 0 bridgehead atoms. The molecular weight excluding hydrogens is 342 g/mol. The number of fused-ring (bicyclic) bond motifs is 1. The molecule has 0 unspecified atom stereocenters. The van der Waals surface area contributed by atoms with E-state index in [2.05, 4.69) is 10.3 Å². The van der Waals surface area contributed by atoms with Gasteiger partial charge in [0.15, 0.2) is 5.13 Å². The van der Waals surface area contributed by atoms with E-state index in [1.54, 1.807) is 6.07 Å². The Bertz CT molecular complexity index is 939. The average molecular weight is 357 g/mol. The summed E-state index contributed by atoms with van der Waals surface area (Å²) >= 11 is 1.29. The van der Waals surface area contributed by atoms with Gasteiger partial charge in [-0.05, 0) is 30.7 Å². The predicted octanol–water partition coefficient (Wildman–Crippen LogP) is 4.25. The first-order valence-electron chi connectivity index (χ1n) is 7.66. The molecule has 8 heteroatoms. The normalized spacial score (nSPS) is 10.6. The molecule has 0 saturated carbocycles. The number of nitrogens with zero attached hydrogens (tertiary/aromatic N) is 2. The molecule has 0 radical (unpaired) electrons. The van der Waals surface area contributed by atoms with Gasteiger partial charge in [0.05, 0.1) is 21.7 Å². The topological polar surface area (TPSA) is 94.4 Å². The lowest BCUT2D eigenvalue weighted by Gasteiger charge is -2.02. The predicted molar refractivity (Wildman–Crippen MR) is 96.5 cm³/mol. The van der Waals surface area contributed by atoms with Gasteiger partial charge in [-0.25, -0.2) is 4.98 Å². The van der Waals surface area contributed by atoms with Gasteiger partial charge in [-0.1, -0.05) is 30.4 Å². The molecule has 1 aromatic heterocycles. The summed E-state index contributed by atoms with van der Waals surface area (Å²) in [6.45, 7) is 2.66. The Balaban J connectivity index is 1.83. The van der Waals surface area contributed by atoms with Crippen LogP contribution >= 0.6 is 11.3 Å². The fraction of sp³-hybridized carbons (Fsp3) is 0.176. The van der Waals surface area contributed by atoms with Gasteiger partial charge in [-0.15, -0.1) is 0 Å². The Hall–Kier alpha value is -3.00. The number of thiazole rings is 1. The Kier molecular flexibility index (Phi) is 4.90. The molecule has 0 atom stereocenters. The van der Waals surface area contributed by atoms with Gasteiger partial charge in [0.25, 0.3) is 11.6 Å². The maximum atomic E-state index is 12.4. The molecule has 0 spiro atoms. The van der Waals surface area contributed by atoms with Crippen molar-refractivity contribution in [1.29, 1.82) is 0 Å². The summed E-state index contributed by atoms with van der Waals surface area (Å²) < 4.78 is 6.45. The summed E-state index contributed by atoms with van der Waals surface area (Å²) in [5, 5.41) is 14.1. The second kappa shape index (κ2) is 7.27. The van der Waals surface area contributed by atoms with Crippen LogP contribution in [0.1, 0.15) is 23.7 Å². The Morgan fingerprint density at radius 2 is 2.12 bits per heavy atom. The molecule has 0 aliphatic carbocycles. The van der Waals surface area contributed by atoms with Crippen molar-refractivity contribution in [2.45, 2.75) is 13.3 Å². The van der Waals surface area contributed by atoms with Gasteiger partial charge >= 0.3 is 0 Å². The van der Waals surface area contributed by atoms with Crippen LogP contribution in [-0.4, -0.2) is 22.4 Å². The Morgan fingerprint density at radius 1 is 1.32 bits per heavy atom. The van der Waals surface area contributed by atoms with Crippen LogP contribution in [-0.2, 0) is 0 Å². The number of carbonyl (C=O) groups is 1. The van der Waals surface area contributed by atoms with Crippen molar-refractivity contribution < 1.29 is 14.5 Å². The number of carbonyl (C=O) groups excluding carboxylic acids is 1. The Morgan fingerprint density at radius 3 is 2.88 bits per heavy atom. The molecule has 3 aromatic rings. The number of nitrogens with one attached hydrogen (secondary N) is 1. The fourth-order valence-electron chi connectivity index (χ4n) is 2.26. The highest BCUT2D eigenvalue weighted by Gasteiger charge is 2.20. The standard InChI is InChI=1S/C17H15N3O4S/c1-2-9-24-11-7-8-13-15(10-11)25-17(18-13)19-16(21)12-5-3-4-6-14(12)20(22)23/h3-8,10H,2,9H2,1H3,(H,18,19,21). The third kappa shape index (κ3) is 3.74. The summed E-state index contributed by atoms with van der Waals surface area (Å²) in [7, 11) is 0. The van der Waals surface area contributed by atoms with Crippen molar-refractivity contribution >= 4 is 38.3 Å². The van der Waals surface area contributed by atoms with E-state index in [0.717, 1.165) is 22.4 Å². The van der Waals surface area contributed by atoms with Crippen molar-refractivity contribution in [2.75, 3.05) is 11.9 Å². The summed E-state index contributed by atoms with van der Waals surface area (Å²) in [5.74, 6) is 0.184. The maximum absolute atomic E-state index is 12.4. The first-order chi connectivity index (χ1) is 12.1. The van der Waals surface area contributed by atoms with Crippen molar-refractivity contribution in [3.05, 3.63) is 58.1 Å². The van der Waals surface area contributed by atoms with E-state index < -0.39 is 10.8 Å². The summed E-state index contributed by atoms with van der Waals surface area (Å²) in [5.41, 5.74) is 0.488. The molecule has 1 heterocycles. The van der Waals surface area contributed by atoms with E-state index in [9.17, 15) is 14.9 Å². The van der Waals surface area contributed by atoms with Crippen LogP contribution in [0.4, 0.5) is 10.8 Å². The van der Waals surface area contributed by atoms with E-state index in [-0.39, 0.29) is 11.3 Å². The highest BCUT2D eigenvalue weighted by molar-refractivity contribution is 7.22. The number of nitro benzene ring substituents is 1. The second-order valence-corrected chi connectivity index (χ2v) is 6.26. The molecule has 128 valence electrons. The van der Waals surface area contributed by atoms with Crippen LogP contribution in [0.2, 0.25) is 0 Å².